The van der Waals surface area contributed by atoms with Crippen LogP contribution in [0.1, 0.15) is 11.5 Å². The number of nitrogens with zero attached hydrogens (tertiary/aromatic N) is 2. The van der Waals surface area contributed by atoms with Crippen LogP contribution in [0.5, 0.6) is 11.5 Å². The van der Waals surface area contributed by atoms with Gasteiger partial charge in [-0.3, -0.25) is 0 Å². The van der Waals surface area contributed by atoms with Crippen molar-refractivity contribution >= 4 is 0 Å². The zero-order chi connectivity index (χ0) is 15.9. The lowest BCUT2D eigenvalue weighted by Crippen LogP contribution is -2.51. The fourth-order valence-electron chi connectivity index (χ4n) is 3.01. The van der Waals surface area contributed by atoms with Crippen molar-refractivity contribution in [2.45, 2.75) is 24.2 Å². The minimum atomic E-state index is -0.877. The molecule has 0 bridgehead atoms. The summed E-state index contributed by atoms with van der Waals surface area (Å²) in [5, 5.41) is 24.5. The predicted molar refractivity (Wildman–Crippen MR) is 81.7 cm³/mol. The van der Waals surface area contributed by atoms with Gasteiger partial charge >= 0.3 is 0 Å². The van der Waals surface area contributed by atoms with E-state index in [1.54, 1.807) is 6.08 Å². The van der Waals surface area contributed by atoms with Gasteiger partial charge in [0.1, 0.15) is 0 Å². The Morgan fingerprint density at radius 1 is 1.05 bits per heavy atom. The quantitative estimate of drug-likeness (QED) is 0.629. The Kier molecular flexibility index (Phi) is 4.10. The molecule has 0 aromatic heterocycles. The summed E-state index contributed by atoms with van der Waals surface area (Å²) >= 11 is 0. The van der Waals surface area contributed by atoms with Crippen molar-refractivity contribution in [1.82, 2.24) is 10.0 Å². The SMILES string of the molecule is CN(C)N(C)[C@H]1C=C[C@@H](O)C(O)C1c1ccc2c(c1)OCO2. The normalized spacial score (nSPS) is 30.3. The molecule has 120 valence electrons. The van der Waals surface area contributed by atoms with Crippen LogP contribution in [0.2, 0.25) is 0 Å². The molecular weight excluding hydrogens is 284 g/mol. The number of aliphatic hydroxyl groups is 2. The topological polar surface area (TPSA) is 65.4 Å². The van der Waals surface area contributed by atoms with E-state index in [1.807, 2.05) is 55.4 Å². The van der Waals surface area contributed by atoms with Crippen LogP contribution < -0.4 is 9.47 Å². The van der Waals surface area contributed by atoms with Gasteiger partial charge in [0.25, 0.3) is 0 Å². The maximum Gasteiger partial charge on any atom is 0.231 e. The van der Waals surface area contributed by atoms with Gasteiger partial charge in [0.2, 0.25) is 6.79 Å². The first-order valence-corrected chi connectivity index (χ1v) is 7.33. The molecule has 0 fully saturated rings. The fraction of sp³-hybridized carbons (Fsp3) is 0.500. The predicted octanol–water partition coefficient (Wildman–Crippen LogP) is 0.567. The minimum Gasteiger partial charge on any atom is -0.454 e. The molecule has 4 atom stereocenters. The third kappa shape index (κ3) is 2.59. The van der Waals surface area contributed by atoms with Crippen LogP contribution in [0.15, 0.2) is 30.4 Å². The number of likely N-dealkylation sites (N-methyl/N-ethyl adjacent to an activating group) is 1. The zero-order valence-corrected chi connectivity index (χ0v) is 13.0. The first-order chi connectivity index (χ1) is 10.5. The number of benzene rings is 1. The molecule has 1 aromatic rings. The van der Waals surface area contributed by atoms with Crippen LogP contribution in [-0.4, -0.2) is 66.4 Å². The van der Waals surface area contributed by atoms with Gasteiger partial charge in [0.05, 0.1) is 18.2 Å². The summed E-state index contributed by atoms with van der Waals surface area (Å²) in [4.78, 5) is 0. The van der Waals surface area contributed by atoms with Crippen LogP contribution >= 0.6 is 0 Å². The van der Waals surface area contributed by atoms with Gasteiger partial charge in [0, 0.05) is 27.1 Å². The van der Waals surface area contributed by atoms with E-state index in [0.29, 0.717) is 11.5 Å². The highest BCUT2D eigenvalue weighted by Crippen LogP contribution is 2.39. The molecule has 2 N–H and O–H groups in total. The summed E-state index contributed by atoms with van der Waals surface area (Å²) in [6.07, 6.45) is 1.84. The average Bonchev–Trinajstić information content (AvgIpc) is 2.96. The van der Waals surface area contributed by atoms with E-state index >= 15 is 0 Å². The molecule has 0 amide bonds. The lowest BCUT2D eigenvalue weighted by Gasteiger charge is -2.42. The summed E-state index contributed by atoms with van der Waals surface area (Å²) in [6, 6.07) is 5.60. The van der Waals surface area contributed by atoms with E-state index < -0.39 is 12.2 Å². The standard InChI is InChI=1S/C16H22N2O4/c1-17(2)18(3)11-5-6-12(19)16(20)15(11)10-4-7-13-14(8-10)22-9-21-13/h4-8,11-12,15-16,19-20H,9H2,1-3H3/t11-,12+,15?,16?/m0/s1. The van der Waals surface area contributed by atoms with E-state index in [1.165, 1.54) is 0 Å². The maximum absolute atomic E-state index is 10.5. The van der Waals surface area contributed by atoms with Crippen molar-refractivity contribution in [2.75, 3.05) is 27.9 Å². The Hall–Kier alpha value is -1.60. The van der Waals surface area contributed by atoms with Gasteiger partial charge in [-0.2, -0.15) is 0 Å². The largest absolute Gasteiger partial charge is 0.454 e. The lowest BCUT2D eigenvalue weighted by molar-refractivity contribution is -0.0402. The number of fused-ring (bicyclic) bond motifs is 1. The van der Waals surface area contributed by atoms with Gasteiger partial charge in [-0.05, 0) is 17.7 Å². The van der Waals surface area contributed by atoms with Gasteiger partial charge in [0.15, 0.2) is 11.5 Å². The van der Waals surface area contributed by atoms with Gasteiger partial charge in [-0.1, -0.05) is 18.2 Å². The van der Waals surface area contributed by atoms with Gasteiger partial charge < -0.3 is 19.7 Å². The second-order valence-electron chi connectivity index (χ2n) is 5.92. The third-order valence-electron chi connectivity index (χ3n) is 4.44. The Labute approximate surface area is 130 Å². The maximum atomic E-state index is 10.5. The first kappa shape index (κ1) is 15.3. The molecule has 0 radical (unpaired) electrons. The first-order valence-electron chi connectivity index (χ1n) is 7.33. The van der Waals surface area contributed by atoms with E-state index in [2.05, 4.69) is 0 Å². The van der Waals surface area contributed by atoms with Crippen LogP contribution in [0.3, 0.4) is 0 Å². The minimum absolute atomic E-state index is 0.0613. The summed E-state index contributed by atoms with van der Waals surface area (Å²) in [5.74, 6) is 1.13. The smallest absolute Gasteiger partial charge is 0.231 e. The van der Waals surface area contributed by atoms with Crippen LogP contribution in [0, 0.1) is 0 Å². The van der Waals surface area contributed by atoms with Crippen molar-refractivity contribution in [1.29, 1.82) is 0 Å². The molecule has 22 heavy (non-hydrogen) atoms. The molecule has 1 heterocycles. The second-order valence-corrected chi connectivity index (χ2v) is 5.92. The number of hydrogen-bond acceptors (Lipinski definition) is 6. The molecular formula is C16H22N2O4. The molecule has 6 nitrogen and oxygen atoms in total. The summed E-state index contributed by atoms with van der Waals surface area (Å²) in [7, 11) is 5.85. The van der Waals surface area contributed by atoms with Gasteiger partial charge in [-0.15, -0.1) is 0 Å². The Balaban J connectivity index is 1.98. The molecule has 2 aliphatic rings. The van der Waals surface area contributed by atoms with E-state index in [9.17, 15) is 10.2 Å². The molecule has 2 unspecified atom stereocenters. The molecule has 6 heteroatoms. The number of hydrogen-bond donors (Lipinski definition) is 2. The number of aliphatic hydroxyl groups excluding tert-OH is 2. The summed E-state index contributed by atoms with van der Waals surface area (Å²) in [5.41, 5.74) is 0.916. The molecule has 1 aliphatic heterocycles. The number of hydrazine groups is 1. The Morgan fingerprint density at radius 3 is 2.50 bits per heavy atom. The summed E-state index contributed by atoms with van der Waals surface area (Å²) < 4.78 is 10.8. The molecule has 1 aromatic carbocycles. The van der Waals surface area contributed by atoms with Crippen molar-refractivity contribution in [2.24, 2.45) is 0 Å². The van der Waals surface area contributed by atoms with Crippen molar-refractivity contribution in [3.05, 3.63) is 35.9 Å². The highest BCUT2D eigenvalue weighted by atomic mass is 16.7. The van der Waals surface area contributed by atoms with E-state index in [4.69, 9.17) is 9.47 Å². The average molecular weight is 306 g/mol. The third-order valence-corrected chi connectivity index (χ3v) is 4.44. The van der Waals surface area contributed by atoms with Crippen molar-refractivity contribution in [3.8, 4) is 11.5 Å². The molecule has 1 aliphatic carbocycles. The molecule has 0 saturated carbocycles. The van der Waals surface area contributed by atoms with Crippen molar-refractivity contribution < 1.29 is 19.7 Å². The fourth-order valence-corrected chi connectivity index (χ4v) is 3.01. The van der Waals surface area contributed by atoms with Crippen LogP contribution in [-0.2, 0) is 0 Å². The Bertz CT molecular complexity index is 575. The number of rotatable bonds is 3. The monoisotopic (exact) mass is 306 g/mol. The molecule has 0 saturated heterocycles. The highest BCUT2D eigenvalue weighted by molar-refractivity contribution is 5.46. The lowest BCUT2D eigenvalue weighted by atomic mass is 9.80. The van der Waals surface area contributed by atoms with Gasteiger partial charge in [-0.25, -0.2) is 10.0 Å². The van der Waals surface area contributed by atoms with E-state index in [0.717, 1.165) is 5.56 Å². The van der Waals surface area contributed by atoms with Crippen LogP contribution in [0.25, 0.3) is 0 Å². The van der Waals surface area contributed by atoms with E-state index in [-0.39, 0.29) is 18.8 Å². The second kappa shape index (κ2) is 5.89. The molecule has 3 rings (SSSR count). The summed E-state index contributed by atoms with van der Waals surface area (Å²) in [6.45, 7) is 0.218. The number of ether oxygens (including phenoxy) is 2. The van der Waals surface area contributed by atoms with Crippen molar-refractivity contribution in [3.63, 3.8) is 0 Å². The van der Waals surface area contributed by atoms with Crippen LogP contribution in [0.4, 0.5) is 0 Å². The highest BCUT2D eigenvalue weighted by Gasteiger charge is 2.38. The Morgan fingerprint density at radius 2 is 1.77 bits per heavy atom. The molecule has 0 spiro atoms. The zero-order valence-electron chi connectivity index (χ0n) is 13.0.